The van der Waals surface area contributed by atoms with Gasteiger partial charge in [0.1, 0.15) is 17.7 Å². The SMILES string of the molecule is Cc1ccc(NS(=O)(=O)c2cccc(F)c2)cc1Nc1ncnn2cc(C(=O)NC(C)c3ccccc3)c(C)c12. The van der Waals surface area contributed by atoms with Gasteiger partial charge < -0.3 is 10.6 Å². The molecule has 0 bridgehead atoms. The monoisotopic (exact) mass is 558 g/mol. The molecule has 5 rings (SSSR count). The first-order valence-electron chi connectivity index (χ1n) is 12.5. The van der Waals surface area contributed by atoms with Crippen molar-refractivity contribution in [1.29, 1.82) is 0 Å². The van der Waals surface area contributed by atoms with Gasteiger partial charge in [0.05, 0.1) is 22.2 Å². The molecule has 40 heavy (non-hydrogen) atoms. The van der Waals surface area contributed by atoms with Gasteiger partial charge in [-0.15, -0.1) is 0 Å². The number of aryl methyl sites for hydroxylation is 2. The van der Waals surface area contributed by atoms with Crippen LogP contribution >= 0.6 is 0 Å². The lowest BCUT2D eigenvalue weighted by Gasteiger charge is -2.14. The van der Waals surface area contributed by atoms with Crippen LogP contribution in [0.1, 0.15) is 40.0 Å². The van der Waals surface area contributed by atoms with Crippen molar-refractivity contribution >= 4 is 38.6 Å². The molecule has 204 valence electrons. The lowest BCUT2D eigenvalue weighted by Crippen LogP contribution is -2.26. The molecule has 1 unspecified atom stereocenters. The number of benzene rings is 3. The third-order valence-electron chi connectivity index (χ3n) is 6.57. The molecule has 11 heteroatoms. The summed E-state index contributed by atoms with van der Waals surface area (Å²) in [5.74, 6) is -0.446. The van der Waals surface area contributed by atoms with E-state index in [9.17, 15) is 17.6 Å². The molecule has 3 N–H and O–H groups in total. The topological polar surface area (TPSA) is 117 Å². The zero-order valence-corrected chi connectivity index (χ0v) is 22.8. The van der Waals surface area contributed by atoms with Crippen LogP contribution in [0.4, 0.5) is 21.6 Å². The van der Waals surface area contributed by atoms with E-state index in [4.69, 9.17) is 0 Å². The summed E-state index contributed by atoms with van der Waals surface area (Å²) in [5.41, 5.74) is 4.42. The largest absolute Gasteiger partial charge is 0.345 e. The molecule has 0 aliphatic heterocycles. The van der Waals surface area contributed by atoms with Crippen molar-refractivity contribution in [2.24, 2.45) is 0 Å². The number of hydrogen-bond donors (Lipinski definition) is 3. The van der Waals surface area contributed by atoms with Crippen LogP contribution in [0.3, 0.4) is 0 Å². The Balaban J connectivity index is 1.42. The van der Waals surface area contributed by atoms with Crippen LogP contribution in [0.5, 0.6) is 0 Å². The highest BCUT2D eigenvalue weighted by molar-refractivity contribution is 7.92. The molecule has 9 nitrogen and oxygen atoms in total. The molecule has 5 aromatic rings. The fraction of sp³-hybridized carbons (Fsp3) is 0.138. The second-order valence-corrected chi connectivity index (χ2v) is 11.1. The number of hydrogen-bond acceptors (Lipinski definition) is 6. The van der Waals surface area contributed by atoms with Gasteiger partial charge in [0.2, 0.25) is 0 Å². The van der Waals surface area contributed by atoms with E-state index < -0.39 is 15.8 Å². The molecule has 0 aliphatic rings. The molecule has 0 saturated carbocycles. The Bertz CT molecular complexity index is 1820. The highest BCUT2D eigenvalue weighted by Crippen LogP contribution is 2.29. The van der Waals surface area contributed by atoms with Gasteiger partial charge in [-0.1, -0.05) is 42.5 Å². The van der Waals surface area contributed by atoms with Gasteiger partial charge in [0, 0.05) is 11.9 Å². The Morgan fingerprint density at radius 1 is 1.00 bits per heavy atom. The van der Waals surface area contributed by atoms with Crippen molar-refractivity contribution in [3.63, 3.8) is 0 Å². The minimum absolute atomic E-state index is 0.184. The predicted molar refractivity (Wildman–Crippen MR) is 152 cm³/mol. The number of rotatable bonds is 8. The number of nitrogens with zero attached hydrogens (tertiary/aromatic N) is 3. The number of nitrogens with one attached hydrogen (secondary N) is 3. The lowest BCUT2D eigenvalue weighted by atomic mass is 10.1. The van der Waals surface area contributed by atoms with Crippen molar-refractivity contribution in [3.8, 4) is 0 Å². The van der Waals surface area contributed by atoms with Crippen LogP contribution < -0.4 is 15.4 Å². The smallest absolute Gasteiger partial charge is 0.261 e. The number of fused-ring (bicyclic) bond motifs is 1. The standard InChI is InChI=1S/C29H27FN6O3S/c1-18-12-13-23(35-40(38,39)24-11-7-10-22(30)14-24)15-26(18)34-28-27-19(2)25(16-36(27)32-17-31-28)29(37)33-20(3)21-8-5-4-6-9-21/h4-17,20,35H,1-3H3,(H,33,37)(H,31,32,34). The van der Waals surface area contributed by atoms with Gasteiger partial charge >= 0.3 is 0 Å². The van der Waals surface area contributed by atoms with Gasteiger partial charge in [-0.05, 0) is 67.8 Å². The van der Waals surface area contributed by atoms with Crippen LogP contribution in [0.25, 0.3) is 5.52 Å². The Labute approximate surface area is 231 Å². The minimum atomic E-state index is -4.01. The summed E-state index contributed by atoms with van der Waals surface area (Å²) in [7, 11) is -4.01. The van der Waals surface area contributed by atoms with E-state index in [1.165, 1.54) is 24.5 Å². The van der Waals surface area contributed by atoms with Crippen molar-refractivity contribution in [1.82, 2.24) is 19.9 Å². The number of amides is 1. The first kappa shape index (κ1) is 26.8. The zero-order valence-electron chi connectivity index (χ0n) is 22.0. The van der Waals surface area contributed by atoms with Crippen molar-refractivity contribution in [3.05, 3.63) is 113 Å². The molecule has 0 radical (unpaired) electrons. The summed E-state index contributed by atoms with van der Waals surface area (Å²) in [5, 5.41) is 10.6. The summed E-state index contributed by atoms with van der Waals surface area (Å²) >= 11 is 0. The Hall–Kier alpha value is -4.77. The molecule has 0 aliphatic carbocycles. The average molecular weight is 559 g/mol. The lowest BCUT2D eigenvalue weighted by molar-refractivity contribution is 0.0939. The Kier molecular flexibility index (Phi) is 7.22. The van der Waals surface area contributed by atoms with Crippen molar-refractivity contribution in [2.45, 2.75) is 31.7 Å². The first-order valence-corrected chi connectivity index (χ1v) is 14.0. The zero-order chi connectivity index (χ0) is 28.4. The van der Waals surface area contributed by atoms with Gasteiger partial charge in [0.15, 0.2) is 5.82 Å². The molecule has 0 spiro atoms. The number of carbonyl (C=O) groups excluding carboxylic acids is 1. The molecular formula is C29H27FN6O3S. The van der Waals surface area contributed by atoms with E-state index in [1.807, 2.05) is 51.1 Å². The van der Waals surface area contributed by atoms with Gasteiger partial charge in [-0.2, -0.15) is 5.10 Å². The summed E-state index contributed by atoms with van der Waals surface area (Å²) < 4.78 is 43.3. The quantitative estimate of drug-likeness (QED) is 0.231. The number of aromatic nitrogens is 3. The van der Waals surface area contributed by atoms with Crippen molar-refractivity contribution < 1.29 is 17.6 Å². The third-order valence-corrected chi connectivity index (χ3v) is 7.95. The molecule has 2 heterocycles. The highest BCUT2D eigenvalue weighted by Gasteiger charge is 2.21. The van der Waals surface area contributed by atoms with E-state index in [-0.39, 0.29) is 22.5 Å². The van der Waals surface area contributed by atoms with Crippen LogP contribution in [0.2, 0.25) is 0 Å². The number of sulfonamides is 1. The van der Waals surface area contributed by atoms with Gasteiger partial charge in [-0.3, -0.25) is 9.52 Å². The number of halogens is 1. The second kappa shape index (κ2) is 10.8. The summed E-state index contributed by atoms with van der Waals surface area (Å²) in [6.07, 6.45) is 3.02. The third kappa shape index (κ3) is 5.50. The Morgan fingerprint density at radius 2 is 1.77 bits per heavy atom. The normalized spacial score (nSPS) is 12.2. The van der Waals surface area contributed by atoms with E-state index in [1.54, 1.807) is 28.9 Å². The summed E-state index contributed by atoms with van der Waals surface area (Å²) in [4.78, 5) is 17.4. The van der Waals surface area contributed by atoms with Crippen molar-refractivity contribution in [2.75, 3.05) is 10.0 Å². The van der Waals surface area contributed by atoms with Crippen LogP contribution in [-0.2, 0) is 10.0 Å². The van der Waals surface area contributed by atoms with E-state index in [0.717, 1.165) is 17.2 Å². The molecule has 2 aromatic heterocycles. The average Bonchev–Trinajstić information content (AvgIpc) is 3.28. The van der Waals surface area contributed by atoms with Gasteiger partial charge in [-0.25, -0.2) is 22.3 Å². The van der Waals surface area contributed by atoms with Crippen LogP contribution in [0.15, 0.2) is 90.2 Å². The maximum atomic E-state index is 13.6. The number of anilines is 3. The Morgan fingerprint density at radius 3 is 2.52 bits per heavy atom. The van der Waals surface area contributed by atoms with E-state index >= 15 is 0 Å². The van der Waals surface area contributed by atoms with E-state index in [0.29, 0.717) is 28.1 Å². The molecular weight excluding hydrogens is 531 g/mol. The first-order chi connectivity index (χ1) is 19.1. The minimum Gasteiger partial charge on any atom is -0.345 e. The second-order valence-electron chi connectivity index (χ2n) is 9.39. The molecule has 3 aromatic carbocycles. The molecule has 1 atom stereocenters. The molecule has 0 fully saturated rings. The highest BCUT2D eigenvalue weighted by atomic mass is 32.2. The fourth-order valence-corrected chi connectivity index (χ4v) is 5.46. The maximum Gasteiger partial charge on any atom is 0.261 e. The summed E-state index contributed by atoms with van der Waals surface area (Å²) in [6, 6.07) is 19.3. The van der Waals surface area contributed by atoms with Crippen LogP contribution in [0, 0.1) is 19.7 Å². The summed E-state index contributed by atoms with van der Waals surface area (Å²) in [6.45, 7) is 5.60. The van der Waals surface area contributed by atoms with Crippen LogP contribution in [-0.4, -0.2) is 28.9 Å². The molecule has 0 saturated heterocycles. The number of carbonyl (C=O) groups is 1. The fourth-order valence-electron chi connectivity index (χ4n) is 4.38. The predicted octanol–water partition coefficient (Wildman–Crippen LogP) is 5.52. The van der Waals surface area contributed by atoms with E-state index in [2.05, 4.69) is 25.4 Å². The van der Waals surface area contributed by atoms with Gasteiger partial charge in [0.25, 0.3) is 15.9 Å². The maximum absolute atomic E-state index is 13.6. The molecule has 1 amide bonds.